The summed E-state index contributed by atoms with van der Waals surface area (Å²) < 4.78 is 5.63. The number of hydrogen-bond acceptors (Lipinski definition) is 2. The predicted octanol–water partition coefficient (Wildman–Crippen LogP) is 0.125. The predicted molar refractivity (Wildman–Crippen MR) is 30.5 cm³/mol. The van der Waals surface area contributed by atoms with Gasteiger partial charge in [0.25, 0.3) is 0 Å². The number of ether oxygens (including phenoxy) is 1. The van der Waals surface area contributed by atoms with E-state index in [4.69, 9.17) is 9.94 Å². The van der Waals surface area contributed by atoms with E-state index < -0.39 is 0 Å². The van der Waals surface area contributed by atoms with Gasteiger partial charge in [-0.05, 0) is 4.74 Å². The van der Waals surface area contributed by atoms with E-state index in [0.717, 1.165) is 11.2 Å². The molecule has 8 heavy (non-hydrogen) atoms. The molecule has 0 saturated heterocycles. The van der Waals surface area contributed by atoms with Gasteiger partial charge in [-0.3, -0.25) is 5.21 Å². The number of methoxy groups -OCH3 is 1. The van der Waals surface area contributed by atoms with Crippen LogP contribution in [-0.4, -0.2) is 36.9 Å². The van der Waals surface area contributed by atoms with E-state index >= 15 is 0 Å². The number of hydroxylamine groups is 1. The second kappa shape index (κ2) is 4.59. The van der Waals surface area contributed by atoms with Crippen LogP contribution in [0.4, 0.5) is 0 Å². The Kier molecular flexibility index (Phi) is 4.26. The summed E-state index contributed by atoms with van der Waals surface area (Å²) in [6, 6.07) is 0. The highest BCUT2D eigenvalue weighted by atomic mass is 16.5. The van der Waals surface area contributed by atoms with Crippen molar-refractivity contribution in [3.63, 3.8) is 0 Å². The van der Waals surface area contributed by atoms with E-state index in [-0.39, 0.29) is 0 Å². The van der Waals surface area contributed by atoms with Crippen molar-refractivity contribution in [1.29, 1.82) is 0 Å². The lowest BCUT2D eigenvalue weighted by molar-refractivity contribution is -0.768. The summed E-state index contributed by atoms with van der Waals surface area (Å²) in [5.74, 6) is 0. The van der Waals surface area contributed by atoms with Gasteiger partial charge in [0.05, 0.1) is 6.61 Å². The Bertz CT molecular complexity index is 72.8. The fourth-order valence-electron chi connectivity index (χ4n) is 0.391. The molecule has 0 heterocycles. The first-order chi connectivity index (χ1) is 3.77. The molecule has 0 aromatic heterocycles. The lowest BCUT2D eigenvalue weighted by Gasteiger charge is -1.90. The van der Waals surface area contributed by atoms with Gasteiger partial charge in [-0.2, -0.15) is 0 Å². The average Bonchev–Trinajstić information content (AvgIpc) is 1.66. The van der Waals surface area contributed by atoms with Gasteiger partial charge in [-0.15, -0.1) is 0 Å². The van der Waals surface area contributed by atoms with E-state index in [1.807, 2.05) is 0 Å². The van der Waals surface area contributed by atoms with Crippen LogP contribution in [-0.2, 0) is 4.74 Å². The fourth-order valence-corrected chi connectivity index (χ4v) is 0.391. The van der Waals surface area contributed by atoms with Crippen molar-refractivity contribution >= 4 is 6.72 Å². The molecule has 48 valence electrons. The van der Waals surface area contributed by atoms with Crippen LogP contribution >= 0.6 is 0 Å². The third-order valence-electron chi connectivity index (χ3n) is 0.765. The van der Waals surface area contributed by atoms with Crippen molar-refractivity contribution < 1.29 is 14.7 Å². The van der Waals surface area contributed by atoms with Crippen molar-refractivity contribution in [3.05, 3.63) is 0 Å². The zero-order valence-corrected chi connectivity index (χ0v) is 5.13. The second-order valence-electron chi connectivity index (χ2n) is 1.58. The van der Waals surface area contributed by atoms with Crippen LogP contribution in [0.25, 0.3) is 0 Å². The third kappa shape index (κ3) is 5.43. The van der Waals surface area contributed by atoms with E-state index in [9.17, 15) is 0 Å². The van der Waals surface area contributed by atoms with Crippen molar-refractivity contribution in [2.75, 3.05) is 20.3 Å². The van der Waals surface area contributed by atoms with Crippen LogP contribution in [0.5, 0.6) is 0 Å². The molecule has 0 aliphatic heterocycles. The first-order valence-corrected chi connectivity index (χ1v) is 2.53. The molecule has 3 nitrogen and oxygen atoms in total. The summed E-state index contributed by atoms with van der Waals surface area (Å²) in [5.41, 5.74) is 0. The Morgan fingerprint density at radius 3 is 2.75 bits per heavy atom. The highest BCUT2D eigenvalue weighted by molar-refractivity contribution is 5.13. The quantitative estimate of drug-likeness (QED) is 0.187. The largest absolute Gasteiger partial charge is 0.384 e. The molecule has 0 fully saturated rings. The zero-order chi connectivity index (χ0) is 6.41. The highest BCUT2D eigenvalue weighted by Crippen LogP contribution is 1.77. The van der Waals surface area contributed by atoms with Crippen molar-refractivity contribution in [2.24, 2.45) is 0 Å². The molecule has 3 heteroatoms. The molecule has 0 bridgehead atoms. The molecule has 0 aromatic carbocycles. The molecule has 0 rings (SSSR count). The van der Waals surface area contributed by atoms with Crippen LogP contribution in [0.1, 0.15) is 6.42 Å². The first kappa shape index (κ1) is 7.43. The molecule has 0 amide bonds. The standard InChI is InChI=1S/C5H12NO2/c1-6(7)4-3-5-8-2/h7H,1,3-5H2,2H3/q+1. The minimum Gasteiger partial charge on any atom is -0.384 e. The van der Waals surface area contributed by atoms with Gasteiger partial charge >= 0.3 is 0 Å². The average molecular weight is 118 g/mol. The maximum Gasteiger partial charge on any atom is 0.194 e. The van der Waals surface area contributed by atoms with Gasteiger partial charge in [0.15, 0.2) is 13.3 Å². The van der Waals surface area contributed by atoms with Crippen LogP contribution in [0.3, 0.4) is 0 Å². The molecule has 1 N–H and O–H groups in total. The lowest BCUT2D eigenvalue weighted by Crippen LogP contribution is -2.07. The molecular weight excluding hydrogens is 106 g/mol. The van der Waals surface area contributed by atoms with Crippen LogP contribution in [0.2, 0.25) is 0 Å². The smallest absolute Gasteiger partial charge is 0.194 e. The van der Waals surface area contributed by atoms with Crippen molar-refractivity contribution in [1.82, 2.24) is 0 Å². The molecule has 0 unspecified atom stereocenters. The molecule has 0 aliphatic rings. The fraction of sp³-hybridized carbons (Fsp3) is 0.800. The topological polar surface area (TPSA) is 32.5 Å². The minimum atomic E-state index is 0.563. The summed E-state index contributed by atoms with van der Waals surface area (Å²) in [6.07, 6.45) is 0.816. The molecule has 0 spiro atoms. The summed E-state index contributed by atoms with van der Waals surface area (Å²) in [4.78, 5) is 0. The summed E-state index contributed by atoms with van der Waals surface area (Å²) in [7, 11) is 1.63. The van der Waals surface area contributed by atoms with E-state index in [1.165, 1.54) is 0 Å². The SMILES string of the molecule is C=[N+](O)CCCOC. The zero-order valence-electron chi connectivity index (χ0n) is 5.13. The Morgan fingerprint density at radius 2 is 2.38 bits per heavy atom. The molecule has 0 atom stereocenters. The van der Waals surface area contributed by atoms with Gasteiger partial charge < -0.3 is 4.74 Å². The van der Waals surface area contributed by atoms with Gasteiger partial charge in [0.1, 0.15) is 0 Å². The van der Waals surface area contributed by atoms with E-state index in [1.54, 1.807) is 7.11 Å². The van der Waals surface area contributed by atoms with Gasteiger partial charge in [-0.25, -0.2) is 0 Å². The minimum absolute atomic E-state index is 0.563. The van der Waals surface area contributed by atoms with E-state index in [0.29, 0.717) is 13.2 Å². The molecular formula is C5H12NO2+. The lowest BCUT2D eigenvalue weighted by atomic mass is 10.5. The number of nitrogens with zero attached hydrogens (tertiary/aromatic N) is 1. The Morgan fingerprint density at radius 1 is 1.75 bits per heavy atom. The monoisotopic (exact) mass is 118 g/mol. The Balaban J connectivity index is 2.82. The Hall–Kier alpha value is -0.570. The van der Waals surface area contributed by atoms with Crippen molar-refractivity contribution in [2.45, 2.75) is 6.42 Å². The molecule has 0 aromatic rings. The summed E-state index contributed by atoms with van der Waals surface area (Å²) >= 11 is 0. The summed E-state index contributed by atoms with van der Waals surface area (Å²) in [5, 5.41) is 8.45. The maximum absolute atomic E-state index is 8.45. The van der Waals surface area contributed by atoms with Gasteiger partial charge in [-0.1, -0.05) is 0 Å². The molecule has 0 saturated carbocycles. The van der Waals surface area contributed by atoms with Gasteiger partial charge in [0, 0.05) is 13.5 Å². The van der Waals surface area contributed by atoms with Crippen LogP contribution in [0.15, 0.2) is 0 Å². The number of hydrogen-bond donors (Lipinski definition) is 1. The molecule has 0 radical (unpaired) electrons. The van der Waals surface area contributed by atoms with Crippen LogP contribution < -0.4 is 0 Å². The third-order valence-corrected chi connectivity index (χ3v) is 0.765. The first-order valence-electron chi connectivity index (χ1n) is 2.53. The Labute approximate surface area is 49.2 Å². The maximum atomic E-state index is 8.45. The van der Waals surface area contributed by atoms with E-state index in [2.05, 4.69) is 6.72 Å². The van der Waals surface area contributed by atoms with Gasteiger partial charge in [0.2, 0.25) is 0 Å². The number of rotatable bonds is 4. The van der Waals surface area contributed by atoms with Crippen LogP contribution in [0, 0.1) is 0 Å². The second-order valence-corrected chi connectivity index (χ2v) is 1.58. The molecule has 0 aliphatic carbocycles. The normalized spacial score (nSPS) is 9.12. The van der Waals surface area contributed by atoms with Crippen molar-refractivity contribution in [3.8, 4) is 0 Å². The summed E-state index contributed by atoms with van der Waals surface area (Å²) in [6.45, 7) is 4.48. The highest BCUT2D eigenvalue weighted by Gasteiger charge is 1.92.